The van der Waals surface area contributed by atoms with Crippen molar-refractivity contribution in [1.29, 1.82) is 0 Å². The second-order valence-corrected chi connectivity index (χ2v) is 8.62. The van der Waals surface area contributed by atoms with Crippen LogP contribution in [0.15, 0.2) is 54.6 Å². The number of nitrogens with zero attached hydrogens (tertiary/aromatic N) is 2. The van der Waals surface area contributed by atoms with Crippen molar-refractivity contribution in [1.82, 2.24) is 9.80 Å². The quantitative estimate of drug-likeness (QED) is 0.744. The summed E-state index contributed by atoms with van der Waals surface area (Å²) in [7, 11) is 0. The van der Waals surface area contributed by atoms with Gasteiger partial charge < -0.3 is 4.90 Å². The number of piperidine rings is 2. The number of hydrogen-bond donors (Lipinski definition) is 0. The van der Waals surface area contributed by atoms with Gasteiger partial charge >= 0.3 is 0 Å². The lowest BCUT2D eigenvalue weighted by atomic mass is 9.89. The third-order valence-electron chi connectivity index (χ3n) is 6.50. The largest absolute Gasteiger partial charge is 0.342 e. The summed E-state index contributed by atoms with van der Waals surface area (Å²) in [6.45, 7) is 4.03. The van der Waals surface area contributed by atoms with Crippen LogP contribution >= 0.6 is 0 Å². The molecule has 154 valence electrons. The van der Waals surface area contributed by atoms with E-state index in [2.05, 4.69) is 40.1 Å². The van der Waals surface area contributed by atoms with Crippen LogP contribution < -0.4 is 0 Å². The maximum Gasteiger partial charge on any atom is 0.226 e. The van der Waals surface area contributed by atoms with Crippen molar-refractivity contribution < 1.29 is 9.18 Å². The van der Waals surface area contributed by atoms with Gasteiger partial charge in [0, 0.05) is 31.7 Å². The zero-order valence-corrected chi connectivity index (χ0v) is 17.1. The van der Waals surface area contributed by atoms with Crippen molar-refractivity contribution in [3.8, 4) is 0 Å². The van der Waals surface area contributed by atoms with E-state index in [9.17, 15) is 9.18 Å². The Bertz CT molecular complexity index is 801. The minimum Gasteiger partial charge on any atom is -0.342 e. The molecule has 2 aliphatic heterocycles. The minimum absolute atomic E-state index is 0.0567. The molecule has 4 heteroatoms. The first-order valence-electron chi connectivity index (χ1n) is 11.0. The highest BCUT2D eigenvalue weighted by atomic mass is 19.1. The molecule has 0 unspecified atom stereocenters. The van der Waals surface area contributed by atoms with E-state index in [1.807, 2.05) is 12.1 Å². The average Bonchev–Trinajstić information content (AvgIpc) is 2.76. The molecule has 0 saturated carbocycles. The van der Waals surface area contributed by atoms with Crippen molar-refractivity contribution in [2.45, 2.75) is 38.6 Å². The molecule has 29 heavy (non-hydrogen) atoms. The van der Waals surface area contributed by atoms with E-state index < -0.39 is 0 Å². The third-order valence-corrected chi connectivity index (χ3v) is 6.50. The molecule has 0 radical (unpaired) electrons. The zero-order valence-electron chi connectivity index (χ0n) is 17.1. The van der Waals surface area contributed by atoms with Gasteiger partial charge in [-0.25, -0.2) is 4.39 Å². The van der Waals surface area contributed by atoms with Crippen LogP contribution in [0.5, 0.6) is 0 Å². The van der Waals surface area contributed by atoms with Crippen LogP contribution in [0.2, 0.25) is 0 Å². The molecule has 2 aromatic rings. The summed E-state index contributed by atoms with van der Waals surface area (Å²) in [5.74, 6) is 0.884. The van der Waals surface area contributed by atoms with E-state index in [0.717, 1.165) is 63.8 Å². The van der Waals surface area contributed by atoms with Crippen LogP contribution in [0.1, 0.15) is 36.8 Å². The van der Waals surface area contributed by atoms with Crippen molar-refractivity contribution in [2.24, 2.45) is 11.8 Å². The van der Waals surface area contributed by atoms with Crippen molar-refractivity contribution >= 4 is 5.91 Å². The Morgan fingerprint density at radius 3 is 2.41 bits per heavy atom. The van der Waals surface area contributed by atoms with Crippen LogP contribution in [-0.2, 0) is 17.8 Å². The SMILES string of the molecule is O=C([C@H]1CCCN(Cc2ccccc2F)C1)N1CCC(Cc2ccccc2)CC1. The Labute approximate surface area is 173 Å². The number of halogens is 1. The van der Waals surface area contributed by atoms with Gasteiger partial charge in [0.05, 0.1) is 5.92 Å². The van der Waals surface area contributed by atoms with Crippen LogP contribution in [0, 0.1) is 17.7 Å². The van der Waals surface area contributed by atoms with Crippen LogP contribution in [-0.4, -0.2) is 41.9 Å². The third kappa shape index (κ3) is 5.24. The number of likely N-dealkylation sites (tertiary alicyclic amines) is 2. The molecule has 4 rings (SSSR count). The Morgan fingerprint density at radius 2 is 1.66 bits per heavy atom. The summed E-state index contributed by atoms with van der Waals surface area (Å²) < 4.78 is 14.0. The van der Waals surface area contributed by atoms with Gasteiger partial charge in [-0.1, -0.05) is 48.5 Å². The summed E-state index contributed by atoms with van der Waals surface area (Å²) in [6.07, 6.45) is 5.26. The van der Waals surface area contributed by atoms with Crippen LogP contribution in [0.3, 0.4) is 0 Å². The normalized spacial score (nSPS) is 21.3. The predicted molar refractivity (Wildman–Crippen MR) is 114 cm³/mol. The smallest absolute Gasteiger partial charge is 0.226 e. The fourth-order valence-electron chi connectivity index (χ4n) is 4.83. The summed E-state index contributed by atoms with van der Waals surface area (Å²) in [5, 5.41) is 0. The fraction of sp³-hybridized carbons (Fsp3) is 0.480. The van der Waals surface area contributed by atoms with Gasteiger partial charge in [-0.15, -0.1) is 0 Å². The summed E-state index contributed by atoms with van der Waals surface area (Å²) >= 11 is 0. The molecule has 0 bridgehead atoms. The van der Waals surface area contributed by atoms with Crippen LogP contribution in [0.4, 0.5) is 4.39 Å². The Hall–Kier alpha value is -2.20. The lowest BCUT2D eigenvalue weighted by molar-refractivity contribution is -0.138. The average molecular weight is 395 g/mol. The lowest BCUT2D eigenvalue weighted by Gasteiger charge is -2.38. The number of amides is 1. The van der Waals surface area contributed by atoms with Gasteiger partial charge in [-0.3, -0.25) is 9.69 Å². The Balaban J connectivity index is 1.27. The Kier molecular flexibility index (Phi) is 6.60. The zero-order chi connectivity index (χ0) is 20.1. The topological polar surface area (TPSA) is 23.6 Å². The molecule has 0 N–H and O–H groups in total. The maximum atomic E-state index is 14.0. The second kappa shape index (κ2) is 9.53. The highest BCUT2D eigenvalue weighted by Gasteiger charge is 2.31. The molecule has 2 aliphatic rings. The van der Waals surface area contributed by atoms with E-state index in [1.54, 1.807) is 6.07 Å². The highest BCUT2D eigenvalue weighted by molar-refractivity contribution is 5.79. The number of carbonyl (C=O) groups excluding carboxylic acids is 1. The van der Waals surface area contributed by atoms with Crippen molar-refractivity contribution in [2.75, 3.05) is 26.2 Å². The predicted octanol–water partition coefficient (Wildman–Crippen LogP) is 4.52. The van der Waals surface area contributed by atoms with Gasteiger partial charge in [0.15, 0.2) is 0 Å². The number of hydrogen-bond acceptors (Lipinski definition) is 2. The molecule has 2 fully saturated rings. The number of carbonyl (C=O) groups is 1. The number of benzene rings is 2. The van der Waals surface area contributed by atoms with Crippen molar-refractivity contribution in [3.63, 3.8) is 0 Å². The fourth-order valence-corrected chi connectivity index (χ4v) is 4.83. The molecular formula is C25H31FN2O. The first-order valence-corrected chi connectivity index (χ1v) is 11.0. The molecule has 0 spiro atoms. The minimum atomic E-state index is -0.151. The van der Waals surface area contributed by atoms with Gasteiger partial charge in [0.25, 0.3) is 0 Å². The first-order chi connectivity index (χ1) is 14.2. The number of rotatable bonds is 5. The molecule has 2 aromatic carbocycles. The summed E-state index contributed by atoms with van der Waals surface area (Å²) in [5.41, 5.74) is 2.12. The summed E-state index contributed by atoms with van der Waals surface area (Å²) in [4.78, 5) is 17.4. The maximum absolute atomic E-state index is 14.0. The van der Waals surface area contributed by atoms with Gasteiger partial charge in [0.1, 0.15) is 5.82 Å². The lowest BCUT2D eigenvalue weighted by Crippen LogP contribution is -2.47. The molecule has 3 nitrogen and oxygen atoms in total. The standard InChI is InChI=1S/C25H31FN2O/c26-24-11-5-4-9-22(24)18-27-14-6-10-23(19-27)25(29)28-15-12-21(13-16-28)17-20-7-2-1-3-8-20/h1-5,7-9,11,21,23H,6,10,12-19H2/t23-/m0/s1. The molecule has 1 atom stereocenters. The van der Waals surface area contributed by atoms with E-state index in [-0.39, 0.29) is 11.7 Å². The van der Waals surface area contributed by atoms with E-state index in [1.165, 1.54) is 11.6 Å². The second-order valence-electron chi connectivity index (χ2n) is 8.62. The molecule has 1 amide bonds. The Morgan fingerprint density at radius 1 is 0.931 bits per heavy atom. The van der Waals surface area contributed by atoms with E-state index >= 15 is 0 Å². The van der Waals surface area contributed by atoms with Gasteiger partial charge in [-0.2, -0.15) is 0 Å². The molecule has 2 heterocycles. The molecule has 0 aromatic heterocycles. The molecular weight excluding hydrogens is 363 g/mol. The molecule has 0 aliphatic carbocycles. The first kappa shape index (κ1) is 20.1. The highest BCUT2D eigenvalue weighted by Crippen LogP contribution is 2.26. The van der Waals surface area contributed by atoms with Gasteiger partial charge in [-0.05, 0) is 56.2 Å². The summed E-state index contributed by atoms with van der Waals surface area (Å²) in [6, 6.07) is 17.6. The van der Waals surface area contributed by atoms with E-state index in [4.69, 9.17) is 0 Å². The monoisotopic (exact) mass is 394 g/mol. The van der Waals surface area contributed by atoms with Crippen LogP contribution in [0.25, 0.3) is 0 Å². The molecule has 2 saturated heterocycles. The van der Waals surface area contributed by atoms with Gasteiger partial charge in [0.2, 0.25) is 5.91 Å². The van der Waals surface area contributed by atoms with Crippen molar-refractivity contribution in [3.05, 3.63) is 71.5 Å². The van der Waals surface area contributed by atoms with E-state index in [0.29, 0.717) is 18.4 Å².